The molecule has 0 aliphatic carbocycles. The third kappa shape index (κ3) is 4.42. The maximum absolute atomic E-state index is 13.2. The molecule has 0 amide bonds. The van der Waals surface area contributed by atoms with Crippen LogP contribution in [0.3, 0.4) is 0 Å². The van der Waals surface area contributed by atoms with Gasteiger partial charge in [-0.3, -0.25) is 0 Å². The number of nitrogens with zero attached hydrogens (tertiary/aromatic N) is 3. The van der Waals surface area contributed by atoms with E-state index >= 15 is 0 Å². The highest BCUT2D eigenvalue weighted by molar-refractivity contribution is 7.17. The van der Waals surface area contributed by atoms with Gasteiger partial charge in [0.25, 0.3) is 0 Å². The minimum absolute atomic E-state index is 0.477. The van der Waals surface area contributed by atoms with Crippen LogP contribution < -0.4 is 5.32 Å². The summed E-state index contributed by atoms with van der Waals surface area (Å²) in [6, 6.07) is 18.3. The van der Waals surface area contributed by atoms with Gasteiger partial charge in [0.05, 0.1) is 15.8 Å². The SMILES string of the molecule is Cc1ccnc(Nc2nc(-c3cccc(-c4cccc(C(F)(F)F)c4)c3)nc3ccsc23)c1. The van der Waals surface area contributed by atoms with Crippen molar-refractivity contribution in [1.82, 2.24) is 15.0 Å². The summed E-state index contributed by atoms with van der Waals surface area (Å²) in [6.07, 6.45) is -2.67. The molecule has 0 aliphatic rings. The Bertz CT molecular complexity index is 1460. The van der Waals surface area contributed by atoms with Crippen LogP contribution in [0.25, 0.3) is 32.7 Å². The zero-order valence-corrected chi connectivity index (χ0v) is 18.2. The Morgan fingerprint density at radius 1 is 0.848 bits per heavy atom. The molecule has 33 heavy (non-hydrogen) atoms. The summed E-state index contributed by atoms with van der Waals surface area (Å²) in [6.45, 7) is 1.98. The molecule has 8 heteroatoms. The van der Waals surface area contributed by atoms with Crippen molar-refractivity contribution >= 4 is 33.2 Å². The van der Waals surface area contributed by atoms with Crippen molar-refractivity contribution in [2.24, 2.45) is 0 Å². The van der Waals surface area contributed by atoms with Crippen molar-refractivity contribution in [2.75, 3.05) is 5.32 Å². The summed E-state index contributed by atoms with van der Waals surface area (Å²) < 4.78 is 40.4. The van der Waals surface area contributed by atoms with E-state index < -0.39 is 11.7 Å². The molecular formula is C25H17F3N4S. The van der Waals surface area contributed by atoms with E-state index in [1.54, 1.807) is 30.5 Å². The van der Waals surface area contributed by atoms with E-state index in [0.29, 0.717) is 34.2 Å². The minimum Gasteiger partial charge on any atom is -0.324 e. The largest absolute Gasteiger partial charge is 0.416 e. The molecule has 164 valence electrons. The van der Waals surface area contributed by atoms with Crippen molar-refractivity contribution in [3.05, 3.63) is 89.4 Å². The summed E-state index contributed by atoms with van der Waals surface area (Å²) >= 11 is 1.52. The van der Waals surface area contributed by atoms with Crippen molar-refractivity contribution in [3.63, 3.8) is 0 Å². The standard InChI is InChI=1S/C25H17F3N4S/c1-15-8-10-29-21(12-15)31-24-22-20(9-11-33-22)30-23(32-24)18-6-2-4-16(13-18)17-5-3-7-19(14-17)25(26,27)28/h2-14H,1H3,(H,29,30,31,32). The van der Waals surface area contributed by atoms with Crippen molar-refractivity contribution in [1.29, 1.82) is 0 Å². The van der Waals surface area contributed by atoms with Crippen LogP contribution in [-0.2, 0) is 6.18 Å². The number of nitrogens with one attached hydrogen (secondary N) is 1. The molecule has 1 N–H and O–H groups in total. The van der Waals surface area contributed by atoms with Crippen LogP contribution >= 0.6 is 11.3 Å². The van der Waals surface area contributed by atoms with Crippen LogP contribution in [-0.4, -0.2) is 15.0 Å². The van der Waals surface area contributed by atoms with E-state index in [1.807, 2.05) is 36.6 Å². The second kappa shape index (κ2) is 8.29. The van der Waals surface area contributed by atoms with Gasteiger partial charge in [-0.1, -0.05) is 30.3 Å². The number of benzene rings is 2. The highest BCUT2D eigenvalue weighted by Gasteiger charge is 2.30. The van der Waals surface area contributed by atoms with Gasteiger partial charge in [-0.05, 0) is 65.4 Å². The molecule has 5 rings (SSSR count). The average Bonchev–Trinajstić information content (AvgIpc) is 3.28. The smallest absolute Gasteiger partial charge is 0.324 e. The Balaban J connectivity index is 1.56. The van der Waals surface area contributed by atoms with Gasteiger partial charge in [0.2, 0.25) is 0 Å². The lowest BCUT2D eigenvalue weighted by atomic mass is 10.0. The monoisotopic (exact) mass is 462 g/mol. The van der Waals surface area contributed by atoms with E-state index in [-0.39, 0.29) is 0 Å². The Labute approximate surface area is 191 Å². The molecule has 0 atom stereocenters. The first-order chi connectivity index (χ1) is 15.9. The molecule has 0 fully saturated rings. The van der Waals surface area contributed by atoms with Crippen LogP contribution in [0, 0.1) is 6.92 Å². The van der Waals surface area contributed by atoms with Gasteiger partial charge >= 0.3 is 6.18 Å². The number of rotatable bonds is 4. The number of halogens is 3. The summed E-state index contributed by atoms with van der Waals surface area (Å²) in [5, 5.41) is 5.22. The highest BCUT2D eigenvalue weighted by Crippen LogP contribution is 2.34. The van der Waals surface area contributed by atoms with Gasteiger partial charge in [0.15, 0.2) is 11.6 Å². The molecule has 0 bridgehead atoms. The molecule has 2 aromatic carbocycles. The van der Waals surface area contributed by atoms with Crippen molar-refractivity contribution < 1.29 is 13.2 Å². The maximum Gasteiger partial charge on any atom is 0.416 e. The third-order valence-electron chi connectivity index (χ3n) is 5.11. The summed E-state index contributed by atoms with van der Waals surface area (Å²) in [5.41, 5.74) is 3.01. The molecule has 3 heterocycles. The lowest BCUT2D eigenvalue weighted by molar-refractivity contribution is -0.137. The number of thiophene rings is 1. The van der Waals surface area contributed by atoms with Gasteiger partial charge < -0.3 is 5.32 Å². The van der Waals surface area contributed by atoms with E-state index in [4.69, 9.17) is 4.98 Å². The first kappa shape index (κ1) is 21.1. The third-order valence-corrected chi connectivity index (χ3v) is 6.02. The average molecular weight is 463 g/mol. The molecule has 4 nitrogen and oxygen atoms in total. The molecule has 0 spiro atoms. The van der Waals surface area contributed by atoms with E-state index in [1.165, 1.54) is 17.4 Å². The highest BCUT2D eigenvalue weighted by atomic mass is 32.1. The number of pyridine rings is 1. The van der Waals surface area contributed by atoms with Gasteiger partial charge in [-0.2, -0.15) is 13.2 Å². The Morgan fingerprint density at radius 2 is 1.61 bits per heavy atom. The number of hydrogen-bond donors (Lipinski definition) is 1. The van der Waals surface area contributed by atoms with E-state index in [9.17, 15) is 13.2 Å². The van der Waals surface area contributed by atoms with Crippen LogP contribution in [0.1, 0.15) is 11.1 Å². The molecule has 0 aliphatic heterocycles. The van der Waals surface area contributed by atoms with E-state index in [0.717, 1.165) is 27.9 Å². The fourth-order valence-electron chi connectivity index (χ4n) is 3.52. The Hall–Kier alpha value is -3.78. The maximum atomic E-state index is 13.2. The van der Waals surface area contributed by atoms with Gasteiger partial charge in [-0.15, -0.1) is 11.3 Å². The van der Waals surface area contributed by atoms with Crippen LogP contribution in [0.5, 0.6) is 0 Å². The fraction of sp³-hybridized carbons (Fsp3) is 0.0800. The lowest BCUT2D eigenvalue weighted by Gasteiger charge is -2.11. The lowest BCUT2D eigenvalue weighted by Crippen LogP contribution is -2.04. The number of fused-ring (bicyclic) bond motifs is 1. The molecule has 3 aromatic heterocycles. The van der Waals surface area contributed by atoms with E-state index in [2.05, 4.69) is 15.3 Å². The predicted molar refractivity (Wildman–Crippen MR) is 126 cm³/mol. The fourth-order valence-corrected chi connectivity index (χ4v) is 4.29. The second-order valence-electron chi connectivity index (χ2n) is 7.53. The number of hydrogen-bond acceptors (Lipinski definition) is 5. The first-order valence-electron chi connectivity index (χ1n) is 10.1. The zero-order valence-electron chi connectivity index (χ0n) is 17.4. The van der Waals surface area contributed by atoms with Gasteiger partial charge in [-0.25, -0.2) is 15.0 Å². The molecule has 5 aromatic rings. The summed E-state index contributed by atoms with van der Waals surface area (Å²) in [5.74, 6) is 1.78. The molecule has 0 saturated heterocycles. The second-order valence-corrected chi connectivity index (χ2v) is 8.45. The summed E-state index contributed by atoms with van der Waals surface area (Å²) in [7, 11) is 0. The normalized spacial score (nSPS) is 11.6. The van der Waals surface area contributed by atoms with Crippen molar-refractivity contribution in [3.8, 4) is 22.5 Å². The molecule has 0 unspecified atom stereocenters. The number of aryl methyl sites for hydroxylation is 1. The van der Waals surface area contributed by atoms with Gasteiger partial charge in [0, 0.05) is 11.8 Å². The topological polar surface area (TPSA) is 50.7 Å². The number of anilines is 2. The molecular weight excluding hydrogens is 445 g/mol. The predicted octanol–water partition coefficient (Wildman–Crippen LogP) is 7.49. The quantitative estimate of drug-likeness (QED) is 0.301. The minimum atomic E-state index is -4.40. The summed E-state index contributed by atoms with van der Waals surface area (Å²) in [4.78, 5) is 13.8. The van der Waals surface area contributed by atoms with Crippen LogP contribution in [0.15, 0.2) is 78.3 Å². The Kier molecular flexibility index (Phi) is 5.30. The first-order valence-corrected chi connectivity index (χ1v) is 11.0. The number of alkyl halides is 3. The van der Waals surface area contributed by atoms with Crippen LogP contribution in [0.4, 0.5) is 24.8 Å². The van der Waals surface area contributed by atoms with Crippen molar-refractivity contribution in [2.45, 2.75) is 13.1 Å². The molecule has 0 radical (unpaired) electrons. The number of aromatic nitrogens is 3. The van der Waals surface area contributed by atoms with Crippen LogP contribution in [0.2, 0.25) is 0 Å². The zero-order chi connectivity index (χ0) is 23.0. The van der Waals surface area contributed by atoms with Gasteiger partial charge in [0.1, 0.15) is 5.82 Å². The Morgan fingerprint density at radius 3 is 2.39 bits per heavy atom. The molecule has 0 saturated carbocycles.